The number of amides is 1. The highest BCUT2D eigenvalue weighted by molar-refractivity contribution is 6.06. The zero-order chi connectivity index (χ0) is 18.8. The van der Waals surface area contributed by atoms with Gasteiger partial charge in [0.15, 0.2) is 0 Å². The Hall–Kier alpha value is -3.08. The van der Waals surface area contributed by atoms with E-state index in [1.807, 2.05) is 58.0 Å². The predicted molar refractivity (Wildman–Crippen MR) is 104 cm³/mol. The van der Waals surface area contributed by atoms with Crippen LogP contribution in [-0.2, 0) is 6.54 Å². The second kappa shape index (κ2) is 7.04. The molecule has 2 heterocycles. The van der Waals surface area contributed by atoms with E-state index < -0.39 is 0 Å². The van der Waals surface area contributed by atoms with E-state index >= 15 is 0 Å². The topological polar surface area (TPSA) is 56.0 Å². The Labute approximate surface area is 152 Å². The highest BCUT2D eigenvalue weighted by Crippen LogP contribution is 2.22. The monoisotopic (exact) mass is 349 g/mol. The molecular weight excluding hydrogens is 326 g/mol. The Morgan fingerprint density at radius 2 is 1.69 bits per heavy atom. The normalized spacial score (nSPS) is 10.8. The molecule has 5 nitrogen and oxygen atoms in total. The van der Waals surface area contributed by atoms with Gasteiger partial charge in [0.05, 0.1) is 16.9 Å². The number of aryl methyl sites for hydroxylation is 4. The van der Waals surface area contributed by atoms with Gasteiger partial charge in [-0.15, -0.1) is 0 Å². The molecule has 0 unspecified atom stereocenters. The first kappa shape index (κ1) is 17.7. The summed E-state index contributed by atoms with van der Waals surface area (Å²) in [6.07, 6.45) is 1.67. The van der Waals surface area contributed by atoms with Crippen molar-refractivity contribution < 1.29 is 4.79 Å². The van der Waals surface area contributed by atoms with Crippen molar-refractivity contribution in [2.24, 2.45) is 0 Å². The number of hydrogen-bond acceptors (Lipinski definition) is 2. The van der Waals surface area contributed by atoms with Gasteiger partial charge in [0, 0.05) is 30.2 Å². The van der Waals surface area contributed by atoms with Crippen molar-refractivity contribution in [3.05, 3.63) is 81.5 Å². The Kier molecular flexibility index (Phi) is 4.80. The minimum Gasteiger partial charge on any atom is -0.321 e. The zero-order valence-electron chi connectivity index (χ0n) is 15.5. The number of hydrogen-bond donors (Lipinski definition) is 1. The summed E-state index contributed by atoms with van der Waals surface area (Å²) in [6.45, 7) is 8.45. The number of aromatic nitrogens is 2. The lowest BCUT2D eigenvalue weighted by Gasteiger charge is -2.16. The first-order chi connectivity index (χ1) is 12.4. The maximum Gasteiger partial charge on any atom is 0.257 e. The van der Waals surface area contributed by atoms with Crippen LogP contribution in [0.3, 0.4) is 0 Å². The lowest BCUT2D eigenvalue weighted by molar-refractivity contribution is 0.102. The molecule has 134 valence electrons. The van der Waals surface area contributed by atoms with Crippen molar-refractivity contribution in [3.63, 3.8) is 0 Å². The van der Waals surface area contributed by atoms with E-state index in [2.05, 4.69) is 9.88 Å². The average molecular weight is 349 g/mol. The second-order valence-corrected chi connectivity index (χ2v) is 6.47. The standard InChI is InChI=1S/C21H23N3O2/c1-5-23-13-17(9-11-20(23)25)22-21(26)18-12-14(2)6-10-19(18)24-15(3)7-8-16(24)4/h6-13H,5H2,1-4H3,(H,22,26). The van der Waals surface area contributed by atoms with Gasteiger partial charge in [-0.05, 0) is 58.0 Å². The highest BCUT2D eigenvalue weighted by atomic mass is 16.1. The summed E-state index contributed by atoms with van der Waals surface area (Å²) >= 11 is 0. The van der Waals surface area contributed by atoms with Crippen LogP contribution in [0.5, 0.6) is 0 Å². The summed E-state index contributed by atoms with van der Waals surface area (Å²) in [5, 5.41) is 2.92. The van der Waals surface area contributed by atoms with Crippen LogP contribution in [0.1, 0.15) is 34.2 Å². The second-order valence-electron chi connectivity index (χ2n) is 6.47. The van der Waals surface area contributed by atoms with Crippen molar-refractivity contribution in [2.75, 3.05) is 5.32 Å². The third-order valence-electron chi connectivity index (χ3n) is 4.49. The molecule has 0 aliphatic heterocycles. The Morgan fingerprint density at radius 1 is 1.00 bits per heavy atom. The lowest BCUT2D eigenvalue weighted by atomic mass is 10.1. The van der Waals surface area contributed by atoms with Gasteiger partial charge in [0.1, 0.15) is 0 Å². The van der Waals surface area contributed by atoms with Crippen LogP contribution in [-0.4, -0.2) is 15.0 Å². The minimum absolute atomic E-state index is 0.0830. The van der Waals surface area contributed by atoms with E-state index in [1.165, 1.54) is 6.07 Å². The number of anilines is 1. The van der Waals surface area contributed by atoms with Crippen LogP contribution < -0.4 is 10.9 Å². The van der Waals surface area contributed by atoms with E-state index in [4.69, 9.17) is 0 Å². The third kappa shape index (κ3) is 3.33. The Morgan fingerprint density at radius 3 is 2.35 bits per heavy atom. The van der Waals surface area contributed by atoms with Crippen molar-refractivity contribution in [3.8, 4) is 5.69 Å². The van der Waals surface area contributed by atoms with Crippen LogP contribution in [0.2, 0.25) is 0 Å². The van der Waals surface area contributed by atoms with Gasteiger partial charge in [-0.3, -0.25) is 9.59 Å². The number of carbonyl (C=O) groups excluding carboxylic acids is 1. The first-order valence-corrected chi connectivity index (χ1v) is 8.68. The minimum atomic E-state index is -0.197. The summed E-state index contributed by atoms with van der Waals surface area (Å²) in [6, 6.07) is 13.0. The van der Waals surface area contributed by atoms with Gasteiger partial charge < -0.3 is 14.5 Å². The Balaban J connectivity index is 2.02. The van der Waals surface area contributed by atoms with E-state index in [9.17, 15) is 9.59 Å². The van der Waals surface area contributed by atoms with Gasteiger partial charge in [0.2, 0.25) is 0 Å². The van der Waals surface area contributed by atoms with Crippen molar-refractivity contribution in [2.45, 2.75) is 34.2 Å². The zero-order valence-corrected chi connectivity index (χ0v) is 15.5. The maximum atomic E-state index is 13.0. The van der Waals surface area contributed by atoms with Gasteiger partial charge in [-0.1, -0.05) is 11.6 Å². The molecule has 1 amide bonds. The number of benzene rings is 1. The van der Waals surface area contributed by atoms with Gasteiger partial charge >= 0.3 is 0 Å². The summed E-state index contributed by atoms with van der Waals surface area (Å²) in [5.74, 6) is -0.197. The summed E-state index contributed by atoms with van der Waals surface area (Å²) < 4.78 is 3.63. The van der Waals surface area contributed by atoms with Crippen molar-refractivity contribution in [1.29, 1.82) is 0 Å². The number of nitrogens with zero attached hydrogens (tertiary/aromatic N) is 2. The quantitative estimate of drug-likeness (QED) is 0.778. The maximum absolute atomic E-state index is 13.0. The van der Waals surface area contributed by atoms with Crippen molar-refractivity contribution in [1.82, 2.24) is 9.13 Å². The fourth-order valence-electron chi connectivity index (χ4n) is 3.13. The molecule has 0 bridgehead atoms. The molecule has 1 aromatic carbocycles. The third-order valence-corrected chi connectivity index (χ3v) is 4.49. The van der Waals surface area contributed by atoms with Crippen LogP contribution in [0.25, 0.3) is 5.69 Å². The van der Waals surface area contributed by atoms with Crippen LogP contribution in [0.4, 0.5) is 5.69 Å². The molecule has 0 spiro atoms. The molecule has 0 aliphatic rings. The molecular formula is C21H23N3O2. The fraction of sp³-hybridized carbons (Fsp3) is 0.238. The smallest absolute Gasteiger partial charge is 0.257 e. The molecule has 0 saturated carbocycles. The molecule has 3 rings (SSSR count). The Bertz CT molecular complexity index is 1010. The first-order valence-electron chi connectivity index (χ1n) is 8.68. The molecule has 0 fully saturated rings. The van der Waals surface area contributed by atoms with Gasteiger partial charge in [-0.25, -0.2) is 0 Å². The fourth-order valence-corrected chi connectivity index (χ4v) is 3.13. The molecule has 5 heteroatoms. The number of rotatable bonds is 4. The molecule has 0 atom stereocenters. The van der Waals surface area contributed by atoms with E-state index in [0.717, 1.165) is 22.6 Å². The van der Waals surface area contributed by atoms with E-state index in [1.54, 1.807) is 16.8 Å². The lowest BCUT2D eigenvalue weighted by Crippen LogP contribution is -2.20. The largest absolute Gasteiger partial charge is 0.321 e. The SMILES string of the molecule is CCn1cc(NC(=O)c2cc(C)ccc2-n2c(C)ccc2C)ccc1=O. The molecule has 2 aromatic heterocycles. The number of carbonyl (C=O) groups is 1. The van der Waals surface area contributed by atoms with E-state index in [0.29, 0.717) is 17.8 Å². The predicted octanol–water partition coefficient (Wildman–Crippen LogP) is 3.84. The molecule has 0 saturated heterocycles. The van der Waals surface area contributed by atoms with Crippen LogP contribution >= 0.6 is 0 Å². The van der Waals surface area contributed by atoms with Crippen LogP contribution in [0.15, 0.2) is 53.5 Å². The number of pyridine rings is 1. The average Bonchev–Trinajstić information content (AvgIpc) is 2.95. The summed E-state index contributed by atoms with van der Waals surface area (Å²) in [7, 11) is 0. The van der Waals surface area contributed by atoms with E-state index in [-0.39, 0.29) is 11.5 Å². The summed E-state index contributed by atoms with van der Waals surface area (Å²) in [5.41, 5.74) is 5.11. The highest BCUT2D eigenvalue weighted by Gasteiger charge is 2.16. The molecule has 26 heavy (non-hydrogen) atoms. The molecule has 0 aliphatic carbocycles. The van der Waals surface area contributed by atoms with Crippen molar-refractivity contribution >= 4 is 11.6 Å². The molecule has 3 aromatic rings. The van der Waals surface area contributed by atoms with Crippen LogP contribution in [0, 0.1) is 20.8 Å². The van der Waals surface area contributed by atoms with Gasteiger partial charge in [0.25, 0.3) is 11.5 Å². The summed E-state index contributed by atoms with van der Waals surface area (Å²) in [4.78, 5) is 24.7. The van der Waals surface area contributed by atoms with Gasteiger partial charge in [-0.2, -0.15) is 0 Å². The number of nitrogens with one attached hydrogen (secondary N) is 1. The molecule has 1 N–H and O–H groups in total. The molecule has 0 radical (unpaired) electrons.